The highest BCUT2D eigenvalue weighted by Crippen LogP contribution is 2.59. The molecule has 0 bridgehead atoms. The summed E-state index contributed by atoms with van der Waals surface area (Å²) in [5.74, 6) is 0. The van der Waals surface area contributed by atoms with Gasteiger partial charge in [-0.2, -0.15) is 0 Å². The third-order valence-electron chi connectivity index (χ3n) is 2.00. The first-order valence-corrected chi connectivity index (χ1v) is 6.29. The minimum atomic E-state index is 0.0947. The van der Waals surface area contributed by atoms with Crippen LogP contribution in [0.4, 0.5) is 0 Å². The van der Waals surface area contributed by atoms with Crippen LogP contribution in [0.5, 0.6) is 0 Å². The van der Waals surface area contributed by atoms with Crippen LogP contribution in [-0.4, -0.2) is 16.5 Å². The molecule has 0 heterocycles. The van der Waals surface area contributed by atoms with Crippen LogP contribution in [0.15, 0.2) is 0 Å². The van der Waals surface area contributed by atoms with E-state index in [1.54, 1.807) is 0 Å². The lowest BCUT2D eigenvalue weighted by Crippen LogP contribution is -2.26. The van der Waals surface area contributed by atoms with Gasteiger partial charge in [-0.05, 0) is 22.9 Å². The summed E-state index contributed by atoms with van der Waals surface area (Å²) in [7, 11) is 0.0947. The quantitative estimate of drug-likeness (QED) is 0.566. The highest BCUT2D eigenvalue weighted by atomic mass is 31.1. The highest BCUT2D eigenvalue weighted by Gasteiger charge is 2.32. The Labute approximate surface area is 79.9 Å². The minimum Gasteiger partial charge on any atom is -0.0956 e. The van der Waals surface area contributed by atoms with Crippen LogP contribution >= 0.6 is 7.92 Å². The molecular formula is C11H24P. The van der Waals surface area contributed by atoms with E-state index in [9.17, 15) is 0 Å². The Hall–Kier alpha value is 0.430. The molecule has 0 spiro atoms. The van der Waals surface area contributed by atoms with E-state index in [1.807, 2.05) is 0 Å². The summed E-state index contributed by atoms with van der Waals surface area (Å²) >= 11 is 0. The van der Waals surface area contributed by atoms with E-state index >= 15 is 0 Å². The van der Waals surface area contributed by atoms with Crippen LogP contribution in [0, 0.1) is 6.92 Å². The second-order valence-corrected chi connectivity index (χ2v) is 9.33. The summed E-state index contributed by atoms with van der Waals surface area (Å²) in [5.41, 5.74) is 0. The van der Waals surface area contributed by atoms with Gasteiger partial charge in [-0.1, -0.05) is 56.4 Å². The van der Waals surface area contributed by atoms with Gasteiger partial charge in [-0.15, -0.1) is 0 Å². The van der Waals surface area contributed by atoms with E-state index in [4.69, 9.17) is 0 Å². The molecule has 0 amide bonds. The van der Waals surface area contributed by atoms with Crippen molar-refractivity contribution in [3.63, 3.8) is 0 Å². The Bertz CT molecular complexity index is 111. The molecule has 12 heavy (non-hydrogen) atoms. The van der Waals surface area contributed by atoms with E-state index in [-0.39, 0.29) is 7.92 Å². The van der Waals surface area contributed by atoms with Crippen LogP contribution < -0.4 is 0 Å². The second kappa shape index (κ2) is 4.09. The van der Waals surface area contributed by atoms with Crippen LogP contribution in [0.3, 0.4) is 0 Å². The fraction of sp³-hybridized carbons (Fsp3) is 0.909. The average molecular weight is 187 g/mol. The first kappa shape index (κ1) is 12.4. The predicted molar refractivity (Wildman–Crippen MR) is 61.3 cm³/mol. The third-order valence-corrected chi connectivity index (χ3v) is 6.00. The third kappa shape index (κ3) is 3.90. The molecule has 1 heteroatoms. The standard InChI is InChI=1S/C11H24P/c1-8-9-12(10(2,3)4)11(5,6)7/h1,8-9H2,2-7H3. The summed E-state index contributed by atoms with van der Waals surface area (Å²) in [6.45, 7) is 18.1. The molecule has 0 saturated carbocycles. The zero-order valence-corrected chi connectivity index (χ0v) is 10.5. The molecular weight excluding hydrogens is 163 g/mol. The maximum atomic E-state index is 3.97. The van der Waals surface area contributed by atoms with E-state index in [1.165, 1.54) is 6.16 Å². The van der Waals surface area contributed by atoms with Crippen LogP contribution in [0.1, 0.15) is 48.0 Å². The average Bonchev–Trinajstić information content (AvgIpc) is 1.77. The van der Waals surface area contributed by atoms with Crippen molar-refractivity contribution in [2.75, 3.05) is 6.16 Å². The summed E-state index contributed by atoms with van der Waals surface area (Å²) in [4.78, 5) is 0. The highest BCUT2D eigenvalue weighted by molar-refractivity contribution is 7.60. The molecule has 0 saturated heterocycles. The van der Waals surface area contributed by atoms with Gasteiger partial charge in [0.2, 0.25) is 0 Å². The van der Waals surface area contributed by atoms with Crippen LogP contribution in [0.2, 0.25) is 0 Å². The molecule has 0 N–H and O–H groups in total. The van der Waals surface area contributed by atoms with Crippen LogP contribution in [0.25, 0.3) is 0 Å². The zero-order valence-electron chi connectivity index (χ0n) is 9.57. The van der Waals surface area contributed by atoms with Crippen molar-refractivity contribution < 1.29 is 0 Å². The second-order valence-electron chi connectivity index (χ2n) is 5.35. The molecule has 0 atom stereocenters. The minimum absolute atomic E-state index is 0.0947. The Morgan fingerprint density at radius 2 is 1.25 bits per heavy atom. The van der Waals surface area contributed by atoms with E-state index in [0.29, 0.717) is 10.3 Å². The number of hydrogen-bond acceptors (Lipinski definition) is 0. The zero-order chi connectivity index (χ0) is 9.99. The Morgan fingerprint density at radius 3 is 1.33 bits per heavy atom. The molecule has 0 aromatic carbocycles. The smallest absolute Gasteiger partial charge is 0.0175 e. The molecule has 0 unspecified atom stereocenters. The van der Waals surface area contributed by atoms with Crippen molar-refractivity contribution in [2.45, 2.75) is 58.3 Å². The van der Waals surface area contributed by atoms with Gasteiger partial charge >= 0.3 is 0 Å². The van der Waals surface area contributed by atoms with Gasteiger partial charge in [0.1, 0.15) is 0 Å². The van der Waals surface area contributed by atoms with Crippen molar-refractivity contribution in [1.29, 1.82) is 0 Å². The molecule has 0 nitrogen and oxygen atoms in total. The molecule has 0 fully saturated rings. The number of rotatable bonds is 2. The monoisotopic (exact) mass is 187 g/mol. The van der Waals surface area contributed by atoms with Gasteiger partial charge in [-0.25, -0.2) is 0 Å². The fourth-order valence-corrected chi connectivity index (χ4v) is 5.51. The van der Waals surface area contributed by atoms with Crippen molar-refractivity contribution in [2.24, 2.45) is 0 Å². The lowest BCUT2D eigenvalue weighted by Gasteiger charge is -2.41. The summed E-state index contributed by atoms with van der Waals surface area (Å²) in [6.07, 6.45) is 2.39. The molecule has 0 rings (SSSR count). The summed E-state index contributed by atoms with van der Waals surface area (Å²) < 4.78 is 0. The van der Waals surface area contributed by atoms with Crippen molar-refractivity contribution in [3.8, 4) is 0 Å². The Balaban J connectivity index is 4.45. The lowest BCUT2D eigenvalue weighted by molar-refractivity contribution is 0.703. The van der Waals surface area contributed by atoms with E-state index in [2.05, 4.69) is 48.5 Å². The molecule has 0 aromatic rings. The molecule has 73 valence electrons. The van der Waals surface area contributed by atoms with E-state index < -0.39 is 0 Å². The fourth-order valence-electron chi connectivity index (χ4n) is 1.84. The SMILES string of the molecule is [CH2]CCP(C(C)(C)C)C(C)(C)C. The summed E-state index contributed by atoms with van der Waals surface area (Å²) in [6, 6.07) is 0. The first-order chi connectivity index (χ1) is 5.19. The first-order valence-electron chi connectivity index (χ1n) is 4.76. The largest absolute Gasteiger partial charge is 0.0956 e. The van der Waals surface area contributed by atoms with Crippen molar-refractivity contribution in [1.82, 2.24) is 0 Å². The summed E-state index contributed by atoms with van der Waals surface area (Å²) in [5, 5.41) is 0.955. The predicted octanol–water partition coefficient (Wildman–Crippen LogP) is 4.29. The topological polar surface area (TPSA) is 0 Å². The molecule has 0 aliphatic carbocycles. The van der Waals surface area contributed by atoms with Gasteiger partial charge in [0, 0.05) is 0 Å². The maximum Gasteiger partial charge on any atom is -0.0175 e. The Kier molecular flexibility index (Phi) is 4.24. The van der Waals surface area contributed by atoms with Gasteiger partial charge in [-0.3, -0.25) is 0 Å². The van der Waals surface area contributed by atoms with Gasteiger partial charge in [0.25, 0.3) is 0 Å². The van der Waals surface area contributed by atoms with Crippen molar-refractivity contribution >= 4 is 7.92 Å². The molecule has 0 aliphatic rings. The molecule has 0 aliphatic heterocycles. The van der Waals surface area contributed by atoms with Crippen molar-refractivity contribution in [3.05, 3.63) is 6.92 Å². The molecule has 0 aromatic heterocycles. The van der Waals surface area contributed by atoms with Crippen LogP contribution in [-0.2, 0) is 0 Å². The molecule has 1 radical (unpaired) electrons. The van der Waals surface area contributed by atoms with E-state index in [0.717, 1.165) is 6.42 Å². The van der Waals surface area contributed by atoms with Gasteiger partial charge in [0.15, 0.2) is 0 Å². The maximum absolute atomic E-state index is 3.97. The number of hydrogen-bond donors (Lipinski definition) is 0. The van der Waals surface area contributed by atoms with Gasteiger partial charge in [0.05, 0.1) is 0 Å². The normalized spacial score (nSPS) is 14.0. The lowest BCUT2D eigenvalue weighted by atomic mass is 10.2. The van der Waals surface area contributed by atoms with Gasteiger partial charge < -0.3 is 0 Å². The Morgan fingerprint density at radius 1 is 0.917 bits per heavy atom.